The summed E-state index contributed by atoms with van der Waals surface area (Å²) in [5.41, 5.74) is 6.57. The van der Waals surface area contributed by atoms with Gasteiger partial charge in [0.15, 0.2) is 0 Å². The average molecular weight is 237 g/mol. The van der Waals surface area contributed by atoms with Crippen LogP contribution in [0.15, 0.2) is 10.7 Å². The van der Waals surface area contributed by atoms with Crippen molar-refractivity contribution in [2.75, 3.05) is 0 Å². The van der Waals surface area contributed by atoms with Gasteiger partial charge in [0.05, 0.1) is 6.20 Å². The minimum Gasteiger partial charge on any atom is -0.361 e. The molecule has 3 N–H and O–H groups in total. The second kappa shape index (κ2) is 5.31. The van der Waals surface area contributed by atoms with Crippen molar-refractivity contribution in [1.29, 1.82) is 0 Å². The van der Waals surface area contributed by atoms with Crippen LogP contribution in [0.1, 0.15) is 48.2 Å². The quantitative estimate of drug-likeness (QED) is 0.761. The summed E-state index contributed by atoms with van der Waals surface area (Å²) < 4.78 is 4.88. The topological polar surface area (TPSA) is 81.2 Å². The number of nitrogens with zero attached hydrogens (tertiary/aromatic N) is 1. The zero-order valence-corrected chi connectivity index (χ0v) is 10.1. The molecule has 2 rings (SSSR count). The maximum absolute atomic E-state index is 12.0. The molecule has 0 spiro atoms. The molecule has 17 heavy (non-hydrogen) atoms. The summed E-state index contributed by atoms with van der Waals surface area (Å²) in [7, 11) is 0. The van der Waals surface area contributed by atoms with E-state index in [1.54, 1.807) is 6.92 Å². The van der Waals surface area contributed by atoms with Crippen molar-refractivity contribution in [3.05, 3.63) is 17.5 Å². The van der Waals surface area contributed by atoms with Crippen molar-refractivity contribution in [2.45, 2.75) is 51.1 Å². The Bertz CT molecular complexity index is 389. The number of rotatable bonds is 2. The molecule has 1 aromatic heterocycles. The molecule has 1 aliphatic carbocycles. The molecule has 94 valence electrons. The molecule has 0 aromatic carbocycles. The van der Waals surface area contributed by atoms with Crippen LogP contribution in [-0.2, 0) is 0 Å². The van der Waals surface area contributed by atoms with Gasteiger partial charge in [0.25, 0.3) is 5.91 Å². The molecule has 1 amide bonds. The van der Waals surface area contributed by atoms with Crippen molar-refractivity contribution in [1.82, 2.24) is 10.5 Å². The van der Waals surface area contributed by atoms with Crippen molar-refractivity contribution in [3.63, 3.8) is 0 Å². The van der Waals surface area contributed by atoms with Crippen LogP contribution in [0.4, 0.5) is 0 Å². The Morgan fingerprint density at radius 2 is 2.24 bits per heavy atom. The summed E-state index contributed by atoms with van der Waals surface area (Å²) in [6, 6.07) is 0.126. The number of amides is 1. The summed E-state index contributed by atoms with van der Waals surface area (Å²) in [5.74, 6) is 0.413. The van der Waals surface area contributed by atoms with Gasteiger partial charge in [-0.1, -0.05) is 24.4 Å². The number of carbonyl (C=O) groups is 1. The van der Waals surface area contributed by atoms with Crippen LogP contribution in [-0.4, -0.2) is 23.1 Å². The van der Waals surface area contributed by atoms with Gasteiger partial charge in [-0.25, -0.2) is 0 Å². The van der Waals surface area contributed by atoms with E-state index in [0.717, 1.165) is 25.7 Å². The largest absolute Gasteiger partial charge is 0.361 e. The van der Waals surface area contributed by atoms with Crippen molar-refractivity contribution in [2.24, 2.45) is 5.73 Å². The third kappa shape index (κ3) is 2.85. The van der Waals surface area contributed by atoms with Gasteiger partial charge in [-0.3, -0.25) is 4.79 Å². The Morgan fingerprint density at radius 1 is 1.47 bits per heavy atom. The van der Waals surface area contributed by atoms with E-state index < -0.39 is 0 Å². The average Bonchev–Trinajstić information content (AvgIpc) is 2.63. The van der Waals surface area contributed by atoms with E-state index in [1.807, 2.05) is 0 Å². The Morgan fingerprint density at radius 3 is 2.94 bits per heavy atom. The fourth-order valence-electron chi connectivity index (χ4n) is 2.28. The first-order valence-electron chi connectivity index (χ1n) is 6.16. The normalized spacial score (nSPS) is 25.3. The predicted molar refractivity (Wildman–Crippen MR) is 63.6 cm³/mol. The third-order valence-corrected chi connectivity index (χ3v) is 3.38. The van der Waals surface area contributed by atoms with E-state index in [2.05, 4.69) is 10.5 Å². The first kappa shape index (κ1) is 12.1. The fraction of sp³-hybridized carbons (Fsp3) is 0.667. The lowest BCUT2D eigenvalue weighted by Gasteiger charge is -2.22. The van der Waals surface area contributed by atoms with E-state index >= 15 is 0 Å². The van der Waals surface area contributed by atoms with Gasteiger partial charge in [-0.15, -0.1) is 0 Å². The molecule has 1 aromatic rings. The highest BCUT2D eigenvalue weighted by Crippen LogP contribution is 2.17. The van der Waals surface area contributed by atoms with Gasteiger partial charge in [0.2, 0.25) is 0 Å². The molecule has 1 aliphatic rings. The van der Waals surface area contributed by atoms with E-state index in [4.69, 9.17) is 10.3 Å². The summed E-state index contributed by atoms with van der Waals surface area (Å²) in [6.45, 7) is 1.73. The molecule has 2 atom stereocenters. The van der Waals surface area contributed by atoms with E-state index in [9.17, 15) is 4.79 Å². The van der Waals surface area contributed by atoms with Gasteiger partial charge in [-0.2, -0.15) is 0 Å². The van der Waals surface area contributed by atoms with E-state index in [0.29, 0.717) is 11.3 Å². The molecule has 5 nitrogen and oxygen atoms in total. The number of hydrogen-bond acceptors (Lipinski definition) is 4. The number of nitrogens with one attached hydrogen (secondary N) is 1. The van der Waals surface area contributed by atoms with Crippen LogP contribution in [0, 0.1) is 6.92 Å². The highest BCUT2D eigenvalue weighted by atomic mass is 16.5. The van der Waals surface area contributed by atoms with Crippen LogP contribution < -0.4 is 11.1 Å². The maximum Gasteiger partial charge on any atom is 0.256 e. The van der Waals surface area contributed by atoms with Crippen LogP contribution in [0.25, 0.3) is 0 Å². The molecule has 5 heteroatoms. The van der Waals surface area contributed by atoms with Gasteiger partial charge < -0.3 is 15.6 Å². The van der Waals surface area contributed by atoms with Crippen molar-refractivity contribution in [3.8, 4) is 0 Å². The highest BCUT2D eigenvalue weighted by Gasteiger charge is 2.23. The Hall–Kier alpha value is -1.36. The number of aromatic nitrogens is 1. The molecule has 1 heterocycles. The fourth-order valence-corrected chi connectivity index (χ4v) is 2.28. The second-order valence-electron chi connectivity index (χ2n) is 4.68. The summed E-state index contributed by atoms with van der Waals surface area (Å²) in [5, 5.41) is 6.59. The Labute approximate surface area is 101 Å². The minimum absolute atomic E-state index is 0.0571. The molecule has 2 unspecified atom stereocenters. The molecular weight excluding hydrogens is 218 g/mol. The smallest absolute Gasteiger partial charge is 0.256 e. The Kier molecular flexibility index (Phi) is 3.78. The molecular formula is C12H19N3O2. The first-order chi connectivity index (χ1) is 8.18. The van der Waals surface area contributed by atoms with E-state index in [-0.39, 0.29) is 18.0 Å². The zero-order valence-electron chi connectivity index (χ0n) is 10.1. The molecule has 0 saturated heterocycles. The zero-order chi connectivity index (χ0) is 12.3. The minimum atomic E-state index is -0.133. The van der Waals surface area contributed by atoms with Gasteiger partial charge >= 0.3 is 0 Å². The summed E-state index contributed by atoms with van der Waals surface area (Å²) >= 11 is 0. The number of nitrogens with two attached hydrogens (primary N) is 1. The lowest BCUT2D eigenvalue weighted by atomic mass is 10.0. The summed E-state index contributed by atoms with van der Waals surface area (Å²) in [4.78, 5) is 12.0. The summed E-state index contributed by atoms with van der Waals surface area (Å²) in [6.07, 6.45) is 6.87. The molecule has 1 fully saturated rings. The monoisotopic (exact) mass is 237 g/mol. The number of carbonyl (C=O) groups excluding carboxylic acids is 1. The SMILES string of the molecule is Cc1oncc1C(=O)NC1CCCCCC1N. The second-order valence-corrected chi connectivity index (χ2v) is 4.68. The highest BCUT2D eigenvalue weighted by molar-refractivity contribution is 5.94. The lowest BCUT2D eigenvalue weighted by molar-refractivity contribution is 0.0927. The van der Waals surface area contributed by atoms with Crippen molar-refractivity contribution < 1.29 is 9.32 Å². The van der Waals surface area contributed by atoms with Gasteiger partial charge in [-0.05, 0) is 19.8 Å². The molecule has 0 radical (unpaired) electrons. The van der Waals surface area contributed by atoms with Crippen molar-refractivity contribution >= 4 is 5.91 Å². The standard InChI is InChI=1S/C12H19N3O2/c1-8-9(7-14-17-8)12(16)15-11-6-4-2-3-5-10(11)13/h7,10-11H,2-6,13H2,1H3,(H,15,16). The van der Waals surface area contributed by atoms with Crippen LogP contribution in [0.3, 0.4) is 0 Å². The number of aryl methyl sites for hydroxylation is 1. The molecule has 0 bridgehead atoms. The number of hydrogen-bond donors (Lipinski definition) is 2. The van der Waals surface area contributed by atoms with Gasteiger partial charge in [0.1, 0.15) is 11.3 Å². The van der Waals surface area contributed by atoms with E-state index in [1.165, 1.54) is 12.6 Å². The first-order valence-corrected chi connectivity index (χ1v) is 6.16. The molecule has 0 aliphatic heterocycles. The Balaban J connectivity index is 2.00. The van der Waals surface area contributed by atoms with Gasteiger partial charge in [0, 0.05) is 12.1 Å². The van der Waals surface area contributed by atoms with Crippen LogP contribution >= 0.6 is 0 Å². The molecule has 1 saturated carbocycles. The third-order valence-electron chi connectivity index (χ3n) is 3.38. The predicted octanol–water partition coefficient (Wildman–Crippen LogP) is 1.37. The maximum atomic E-state index is 12.0. The van der Waals surface area contributed by atoms with Crippen LogP contribution in [0.2, 0.25) is 0 Å². The van der Waals surface area contributed by atoms with Crippen LogP contribution in [0.5, 0.6) is 0 Å². The lowest BCUT2D eigenvalue weighted by Crippen LogP contribution is -2.47.